The van der Waals surface area contributed by atoms with Gasteiger partial charge in [0, 0.05) is 13.2 Å². The molecule has 106 valence electrons. The van der Waals surface area contributed by atoms with Crippen molar-refractivity contribution in [2.75, 3.05) is 17.1 Å². The van der Waals surface area contributed by atoms with Gasteiger partial charge in [-0.2, -0.15) is 0 Å². The summed E-state index contributed by atoms with van der Waals surface area (Å²) in [5, 5.41) is 0. The number of anilines is 2. The number of nitrogens with zero attached hydrogens (tertiary/aromatic N) is 2. The van der Waals surface area contributed by atoms with Gasteiger partial charge in [-0.1, -0.05) is 19.1 Å². The third-order valence-corrected chi connectivity index (χ3v) is 4.98. The molecule has 0 spiro atoms. The number of benzene rings is 1. The van der Waals surface area contributed by atoms with Crippen LogP contribution in [0.25, 0.3) is 0 Å². The molecule has 0 aliphatic heterocycles. The summed E-state index contributed by atoms with van der Waals surface area (Å²) < 4.78 is 26.2. The van der Waals surface area contributed by atoms with E-state index in [1.807, 2.05) is 19.1 Å². The predicted molar refractivity (Wildman–Crippen MR) is 80.1 cm³/mol. The van der Waals surface area contributed by atoms with Crippen LogP contribution in [0.3, 0.4) is 0 Å². The van der Waals surface area contributed by atoms with Crippen LogP contribution in [0.1, 0.15) is 12.5 Å². The van der Waals surface area contributed by atoms with Gasteiger partial charge in [-0.05, 0) is 36.2 Å². The minimum absolute atomic E-state index is 0.00419. The van der Waals surface area contributed by atoms with Crippen molar-refractivity contribution in [2.45, 2.75) is 18.2 Å². The molecule has 0 saturated heterocycles. The van der Waals surface area contributed by atoms with Gasteiger partial charge in [0.15, 0.2) is 0 Å². The highest BCUT2D eigenvalue weighted by Crippen LogP contribution is 2.24. The molecule has 5 nitrogen and oxygen atoms in total. The monoisotopic (exact) mass is 291 g/mol. The largest absolute Gasteiger partial charge is 0.383 e. The first-order valence-corrected chi connectivity index (χ1v) is 7.69. The Bertz CT molecular complexity index is 697. The molecule has 0 amide bonds. The summed E-state index contributed by atoms with van der Waals surface area (Å²) in [6.07, 6.45) is 2.37. The Labute approximate surface area is 119 Å². The van der Waals surface area contributed by atoms with E-state index in [4.69, 9.17) is 5.73 Å². The van der Waals surface area contributed by atoms with Gasteiger partial charge in [0.2, 0.25) is 0 Å². The summed E-state index contributed by atoms with van der Waals surface area (Å²) in [6, 6.07) is 10.4. The van der Waals surface area contributed by atoms with E-state index in [-0.39, 0.29) is 10.7 Å². The molecule has 0 aliphatic rings. The van der Waals surface area contributed by atoms with Crippen molar-refractivity contribution in [3.05, 3.63) is 48.2 Å². The van der Waals surface area contributed by atoms with E-state index < -0.39 is 10.0 Å². The molecule has 0 atom stereocenters. The standard InChI is InChI=1S/C14H17N3O2S/c1-3-11-6-8-12(9-7-11)17(2)20(18,19)13-5-4-10-16-14(13)15/h4-10H,3H2,1-2H3,(H2,15,16). The number of nitrogen functional groups attached to an aromatic ring is 1. The fourth-order valence-electron chi connectivity index (χ4n) is 1.85. The molecule has 0 aliphatic carbocycles. The molecule has 0 bridgehead atoms. The number of hydrogen-bond acceptors (Lipinski definition) is 4. The van der Waals surface area contributed by atoms with E-state index in [1.54, 1.807) is 18.2 Å². The van der Waals surface area contributed by atoms with Crippen molar-refractivity contribution >= 4 is 21.5 Å². The van der Waals surface area contributed by atoms with Crippen LogP contribution in [0, 0.1) is 0 Å². The topological polar surface area (TPSA) is 76.3 Å². The molecular formula is C14H17N3O2S. The average Bonchev–Trinajstić information content (AvgIpc) is 2.47. The van der Waals surface area contributed by atoms with E-state index in [0.29, 0.717) is 5.69 Å². The average molecular weight is 291 g/mol. The van der Waals surface area contributed by atoms with Crippen LogP contribution >= 0.6 is 0 Å². The number of pyridine rings is 1. The quantitative estimate of drug-likeness (QED) is 0.935. The number of rotatable bonds is 4. The van der Waals surface area contributed by atoms with Crippen molar-refractivity contribution in [2.24, 2.45) is 0 Å². The third-order valence-electron chi connectivity index (χ3n) is 3.15. The van der Waals surface area contributed by atoms with E-state index in [9.17, 15) is 8.42 Å². The zero-order valence-corrected chi connectivity index (χ0v) is 12.3. The molecule has 2 rings (SSSR count). The second-order valence-electron chi connectivity index (χ2n) is 4.38. The van der Waals surface area contributed by atoms with Crippen molar-refractivity contribution in [1.29, 1.82) is 0 Å². The molecular weight excluding hydrogens is 274 g/mol. The number of hydrogen-bond donors (Lipinski definition) is 1. The van der Waals surface area contributed by atoms with Gasteiger partial charge in [0.1, 0.15) is 10.7 Å². The highest BCUT2D eigenvalue weighted by Gasteiger charge is 2.24. The SMILES string of the molecule is CCc1ccc(N(C)S(=O)(=O)c2cccnc2N)cc1. The van der Waals surface area contributed by atoms with E-state index >= 15 is 0 Å². The predicted octanol–water partition coefficient (Wildman–Crippen LogP) is 2.05. The Kier molecular flexibility index (Phi) is 3.94. The molecule has 2 aromatic rings. The normalized spacial score (nSPS) is 11.3. The molecule has 1 aromatic heterocycles. The zero-order chi connectivity index (χ0) is 14.8. The molecule has 2 N–H and O–H groups in total. The molecule has 0 radical (unpaired) electrons. The Morgan fingerprint density at radius 2 is 1.85 bits per heavy atom. The lowest BCUT2D eigenvalue weighted by Gasteiger charge is -2.20. The first-order chi connectivity index (χ1) is 9.46. The lowest BCUT2D eigenvalue weighted by atomic mass is 10.1. The molecule has 0 saturated carbocycles. The van der Waals surface area contributed by atoms with Crippen molar-refractivity contribution in [3.63, 3.8) is 0 Å². The van der Waals surface area contributed by atoms with Gasteiger partial charge < -0.3 is 5.73 Å². The third kappa shape index (κ3) is 2.60. The first-order valence-electron chi connectivity index (χ1n) is 6.25. The Morgan fingerprint density at radius 1 is 1.20 bits per heavy atom. The van der Waals surface area contributed by atoms with Crippen LogP contribution in [0.5, 0.6) is 0 Å². The van der Waals surface area contributed by atoms with Crippen LogP contribution in [-0.4, -0.2) is 20.4 Å². The second kappa shape index (κ2) is 5.50. The zero-order valence-electron chi connectivity index (χ0n) is 11.4. The van der Waals surface area contributed by atoms with Gasteiger partial charge in [-0.25, -0.2) is 13.4 Å². The number of sulfonamides is 1. The molecule has 0 unspecified atom stereocenters. The maximum atomic E-state index is 12.5. The van der Waals surface area contributed by atoms with Crippen LogP contribution in [0.15, 0.2) is 47.5 Å². The summed E-state index contributed by atoms with van der Waals surface area (Å²) >= 11 is 0. The second-order valence-corrected chi connectivity index (χ2v) is 6.32. The van der Waals surface area contributed by atoms with Crippen LogP contribution in [0.2, 0.25) is 0 Å². The van der Waals surface area contributed by atoms with Gasteiger partial charge in [0.25, 0.3) is 10.0 Å². The lowest BCUT2D eigenvalue weighted by Crippen LogP contribution is -2.27. The van der Waals surface area contributed by atoms with Gasteiger partial charge in [-0.3, -0.25) is 4.31 Å². The van der Waals surface area contributed by atoms with Crippen molar-refractivity contribution < 1.29 is 8.42 Å². The fourth-order valence-corrected chi connectivity index (χ4v) is 3.11. The molecule has 1 heterocycles. The Morgan fingerprint density at radius 3 is 2.40 bits per heavy atom. The van der Waals surface area contributed by atoms with Crippen LogP contribution < -0.4 is 10.0 Å². The summed E-state index contributed by atoms with van der Waals surface area (Å²) in [4.78, 5) is 3.84. The van der Waals surface area contributed by atoms with Gasteiger partial charge >= 0.3 is 0 Å². The van der Waals surface area contributed by atoms with E-state index in [2.05, 4.69) is 4.98 Å². The van der Waals surface area contributed by atoms with Crippen molar-refractivity contribution in [1.82, 2.24) is 4.98 Å². The Hall–Kier alpha value is -2.08. The summed E-state index contributed by atoms with van der Waals surface area (Å²) in [5.74, 6) is 0.00419. The fraction of sp³-hybridized carbons (Fsp3) is 0.214. The molecule has 6 heteroatoms. The minimum Gasteiger partial charge on any atom is -0.383 e. The highest BCUT2D eigenvalue weighted by atomic mass is 32.2. The smallest absolute Gasteiger partial charge is 0.267 e. The summed E-state index contributed by atoms with van der Waals surface area (Å²) in [6.45, 7) is 2.05. The number of aryl methyl sites for hydroxylation is 1. The number of nitrogens with two attached hydrogens (primary N) is 1. The molecule has 1 aromatic carbocycles. The van der Waals surface area contributed by atoms with E-state index in [0.717, 1.165) is 12.0 Å². The van der Waals surface area contributed by atoms with Gasteiger partial charge in [0.05, 0.1) is 5.69 Å². The molecule has 0 fully saturated rings. The van der Waals surface area contributed by atoms with E-state index in [1.165, 1.54) is 23.6 Å². The molecule has 20 heavy (non-hydrogen) atoms. The highest BCUT2D eigenvalue weighted by molar-refractivity contribution is 7.93. The van der Waals surface area contributed by atoms with Crippen LogP contribution in [-0.2, 0) is 16.4 Å². The first kappa shape index (κ1) is 14.3. The van der Waals surface area contributed by atoms with Crippen molar-refractivity contribution in [3.8, 4) is 0 Å². The maximum absolute atomic E-state index is 12.5. The maximum Gasteiger partial charge on any atom is 0.267 e. The lowest BCUT2D eigenvalue weighted by molar-refractivity contribution is 0.594. The number of aromatic nitrogens is 1. The Balaban J connectivity index is 2.41. The minimum atomic E-state index is -3.70. The summed E-state index contributed by atoms with van der Waals surface area (Å²) in [7, 11) is -2.19. The van der Waals surface area contributed by atoms with Gasteiger partial charge in [-0.15, -0.1) is 0 Å². The van der Waals surface area contributed by atoms with Crippen LogP contribution in [0.4, 0.5) is 11.5 Å². The summed E-state index contributed by atoms with van der Waals surface area (Å²) in [5.41, 5.74) is 7.39.